The van der Waals surface area contributed by atoms with Gasteiger partial charge in [-0.25, -0.2) is 4.39 Å². The van der Waals surface area contributed by atoms with E-state index < -0.39 is 28.8 Å². The zero-order valence-electron chi connectivity index (χ0n) is 25.0. The number of hydrogen-bond acceptors (Lipinski definition) is 7. The Morgan fingerprint density at radius 3 is 2.58 bits per heavy atom. The molecule has 1 aromatic heterocycles. The van der Waals surface area contributed by atoms with Crippen molar-refractivity contribution >= 4 is 39.9 Å². The Bertz CT molecular complexity index is 1580. The zero-order chi connectivity index (χ0) is 31.1. The molecule has 0 aliphatic carbocycles. The fourth-order valence-electron chi connectivity index (χ4n) is 4.50. The maximum atomic E-state index is 14.1. The highest BCUT2D eigenvalue weighted by molar-refractivity contribution is 7.90. The monoisotopic (exact) mass is 608 g/mol. The van der Waals surface area contributed by atoms with Gasteiger partial charge in [0.05, 0.1) is 19.3 Å². The first-order valence-electron chi connectivity index (χ1n) is 14.0. The maximum absolute atomic E-state index is 14.1. The standard InChI is InChI=1S/C33H37FN2O6S/c1-6-40-31(38)17-25-10-11-27(35-21(2)37)18-30(25)42-20-22-14-26-12-13-41-32(26)28(15-22)23-8-7-9-24(16-23)29(19-34)36-43(39)33(3,4)5/h7-16,18,29,36H,6,17,19-20H2,1-5H3,(H,35,37)/t29-,43?/m0/s1. The summed E-state index contributed by atoms with van der Waals surface area (Å²) in [6.45, 7) is 8.36. The molecule has 3 aromatic carbocycles. The quantitative estimate of drug-likeness (QED) is 0.134. The highest BCUT2D eigenvalue weighted by Gasteiger charge is 2.30. The van der Waals surface area contributed by atoms with Gasteiger partial charge in [0.25, 0.3) is 0 Å². The molecule has 0 fully saturated rings. The number of halogens is 1. The third kappa shape index (κ3) is 8.37. The van der Waals surface area contributed by atoms with Gasteiger partial charge >= 0.3 is 5.97 Å². The Labute approximate surface area is 254 Å². The first kappa shape index (κ1) is 32.1. The minimum atomic E-state index is -1.45. The second-order valence-corrected chi connectivity index (χ2v) is 13.1. The van der Waals surface area contributed by atoms with Crippen LogP contribution >= 0.6 is 0 Å². The number of carbonyl (C=O) groups is 2. The van der Waals surface area contributed by atoms with E-state index in [1.54, 1.807) is 37.5 Å². The topological polar surface area (TPSA) is 113 Å². The Morgan fingerprint density at radius 2 is 1.88 bits per heavy atom. The fraction of sp³-hybridized carbons (Fsp3) is 0.333. The van der Waals surface area contributed by atoms with Crippen molar-refractivity contribution in [1.82, 2.24) is 4.72 Å². The normalized spacial score (nSPS) is 13.0. The fourth-order valence-corrected chi connectivity index (χ4v) is 5.32. The number of esters is 1. The first-order chi connectivity index (χ1) is 20.5. The van der Waals surface area contributed by atoms with Gasteiger partial charge in [0.1, 0.15) is 35.4 Å². The molecular weight excluding hydrogens is 571 g/mol. The number of carbonyl (C=O) groups excluding carboxylic acids is 2. The molecule has 2 atom stereocenters. The van der Waals surface area contributed by atoms with Crippen LogP contribution in [-0.4, -0.2) is 34.5 Å². The summed E-state index contributed by atoms with van der Waals surface area (Å²) in [5, 5.41) is 3.60. The summed E-state index contributed by atoms with van der Waals surface area (Å²) < 4.78 is 46.3. The third-order valence-corrected chi connectivity index (χ3v) is 8.20. The van der Waals surface area contributed by atoms with Crippen LogP contribution in [0.5, 0.6) is 5.75 Å². The van der Waals surface area contributed by atoms with Crippen LogP contribution in [0.25, 0.3) is 22.1 Å². The van der Waals surface area contributed by atoms with Crippen molar-refractivity contribution in [2.75, 3.05) is 18.6 Å². The van der Waals surface area contributed by atoms with Crippen molar-refractivity contribution in [1.29, 1.82) is 0 Å². The molecular formula is C33H37FN2O6S. The van der Waals surface area contributed by atoms with Crippen molar-refractivity contribution in [2.45, 2.75) is 58.4 Å². The van der Waals surface area contributed by atoms with Gasteiger partial charge in [-0.3, -0.25) is 9.59 Å². The van der Waals surface area contributed by atoms with Crippen LogP contribution in [0.15, 0.2) is 71.3 Å². The second kappa shape index (κ2) is 14.1. The van der Waals surface area contributed by atoms with Crippen LogP contribution in [0.1, 0.15) is 57.4 Å². The Balaban J connectivity index is 1.65. The molecule has 0 saturated carbocycles. The molecule has 0 radical (unpaired) electrons. The number of amides is 1. The van der Waals surface area contributed by atoms with Crippen LogP contribution in [0, 0.1) is 0 Å². The minimum absolute atomic E-state index is 0.0199. The van der Waals surface area contributed by atoms with Gasteiger partial charge < -0.3 is 23.8 Å². The molecule has 0 aliphatic heterocycles. The summed E-state index contributed by atoms with van der Waals surface area (Å²) in [7, 11) is 0. The lowest BCUT2D eigenvalue weighted by Gasteiger charge is -2.27. The molecule has 8 nitrogen and oxygen atoms in total. The number of rotatable bonds is 12. The van der Waals surface area contributed by atoms with Crippen LogP contribution in [0.4, 0.5) is 10.1 Å². The number of anilines is 1. The molecule has 228 valence electrons. The molecule has 0 aliphatic rings. The Kier molecular flexibility index (Phi) is 10.5. The number of benzene rings is 3. The van der Waals surface area contributed by atoms with E-state index in [4.69, 9.17) is 13.9 Å². The largest absolute Gasteiger partial charge is 0.598 e. The maximum Gasteiger partial charge on any atom is 0.310 e. The lowest BCUT2D eigenvalue weighted by Crippen LogP contribution is -2.41. The van der Waals surface area contributed by atoms with Crippen molar-refractivity contribution in [2.24, 2.45) is 0 Å². The summed E-state index contributed by atoms with van der Waals surface area (Å²) >= 11 is -1.45. The van der Waals surface area contributed by atoms with Crippen molar-refractivity contribution < 1.29 is 32.4 Å². The van der Waals surface area contributed by atoms with E-state index in [1.807, 2.05) is 57.2 Å². The average Bonchev–Trinajstić information content (AvgIpc) is 3.43. The SMILES string of the molecule is CCOC(=O)Cc1ccc(NC(C)=O)cc1OCc1cc(-c2cccc([C@H](CF)N[S+]([O-])C(C)(C)C)c2)c2occc2c1. The summed E-state index contributed by atoms with van der Waals surface area (Å²) in [5.41, 5.74) is 4.92. The number of alkyl halides is 1. The van der Waals surface area contributed by atoms with Crippen molar-refractivity contribution in [3.8, 4) is 16.9 Å². The van der Waals surface area contributed by atoms with E-state index in [-0.39, 0.29) is 31.5 Å². The third-order valence-electron chi connectivity index (χ3n) is 6.59. The molecule has 10 heteroatoms. The van der Waals surface area contributed by atoms with Crippen LogP contribution in [0.2, 0.25) is 0 Å². The van der Waals surface area contributed by atoms with E-state index >= 15 is 0 Å². The highest BCUT2D eigenvalue weighted by Crippen LogP contribution is 2.34. The molecule has 1 heterocycles. The van der Waals surface area contributed by atoms with E-state index in [2.05, 4.69) is 10.0 Å². The lowest BCUT2D eigenvalue weighted by molar-refractivity contribution is -0.142. The average molecular weight is 609 g/mol. The molecule has 43 heavy (non-hydrogen) atoms. The number of hydrogen-bond donors (Lipinski definition) is 2. The number of ether oxygens (including phenoxy) is 2. The van der Waals surface area contributed by atoms with Gasteiger partial charge in [-0.2, -0.15) is 0 Å². The van der Waals surface area contributed by atoms with Gasteiger partial charge in [-0.15, -0.1) is 4.72 Å². The highest BCUT2D eigenvalue weighted by atomic mass is 32.2. The summed E-state index contributed by atoms with van der Waals surface area (Å²) in [5.74, 6) is -0.163. The summed E-state index contributed by atoms with van der Waals surface area (Å²) in [6.07, 6.45) is 1.63. The summed E-state index contributed by atoms with van der Waals surface area (Å²) in [6, 6.07) is 17.6. The van der Waals surface area contributed by atoms with Crippen LogP contribution < -0.4 is 14.8 Å². The van der Waals surface area contributed by atoms with Gasteiger partial charge in [-0.05, 0) is 74.7 Å². The number of nitrogens with one attached hydrogen (secondary N) is 2. The van der Waals surface area contributed by atoms with Crippen molar-refractivity contribution in [3.63, 3.8) is 0 Å². The lowest BCUT2D eigenvalue weighted by atomic mass is 9.97. The van der Waals surface area contributed by atoms with Crippen LogP contribution in [-0.2, 0) is 38.7 Å². The molecule has 1 unspecified atom stereocenters. The van der Waals surface area contributed by atoms with Gasteiger partial charge in [0.15, 0.2) is 0 Å². The number of fused-ring (bicyclic) bond motifs is 1. The van der Waals surface area contributed by atoms with E-state index in [1.165, 1.54) is 6.92 Å². The van der Waals surface area contributed by atoms with Gasteiger partial charge in [0.2, 0.25) is 5.91 Å². The molecule has 1 amide bonds. The molecule has 0 spiro atoms. The zero-order valence-corrected chi connectivity index (χ0v) is 25.8. The first-order valence-corrected chi connectivity index (χ1v) is 15.2. The molecule has 0 saturated heterocycles. The van der Waals surface area contributed by atoms with E-state index in [9.17, 15) is 18.5 Å². The predicted molar refractivity (Wildman–Crippen MR) is 167 cm³/mol. The molecule has 4 aromatic rings. The van der Waals surface area contributed by atoms with Crippen molar-refractivity contribution in [3.05, 3.63) is 83.6 Å². The van der Waals surface area contributed by atoms with Gasteiger partial charge in [0, 0.05) is 46.6 Å². The van der Waals surface area contributed by atoms with Crippen LogP contribution in [0.3, 0.4) is 0 Å². The predicted octanol–water partition coefficient (Wildman–Crippen LogP) is 6.81. The second-order valence-electron chi connectivity index (χ2n) is 11.1. The Morgan fingerprint density at radius 1 is 1.09 bits per heavy atom. The molecule has 4 rings (SSSR count). The number of furan rings is 1. The Hall–Kier alpha value is -3.86. The minimum Gasteiger partial charge on any atom is -0.598 e. The smallest absolute Gasteiger partial charge is 0.310 e. The van der Waals surface area contributed by atoms with E-state index in [0.29, 0.717) is 28.1 Å². The molecule has 2 N–H and O–H groups in total. The van der Waals surface area contributed by atoms with Gasteiger partial charge in [-0.1, -0.05) is 24.3 Å². The summed E-state index contributed by atoms with van der Waals surface area (Å²) in [4.78, 5) is 23.9. The molecule has 0 bridgehead atoms. The van der Waals surface area contributed by atoms with E-state index in [0.717, 1.165) is 22.1 Å².